The van der Waals surface area contributed by atoms with Crippen LogP contribution in [0.2, 0.25) is 0 Å². The Labute approximate surface area is 117 Å². The zero-order valence-electron chi connectivity index (χ0n) is 12.1. The first-order valence-electron chi connectivity index (χ1n) is 7.81. The van der Waals surface area contributed by atoms with E-state index in [1.54, 1.807) is 0 Å². The number of fused-ring (bicyclic) bond motifs is 1. The zero-order valence-corrected chi connectivity index (χ0v) is 12.1. The number of unbranched alkanes of at least 4 members (excludes halogenated alkanes) is 1. The molecule has 0 aromatic heterocycles. The second kappa shape index (κ2) is 6.71. The minimum Gasteiger partial charge on any atom is -0.393 e. The summed E-state index contributed by atoms with van der Waals surface area (Å²) in [4.78, 5) is 0. The van der Waals surface area contributed by atoms with Gasteiger partial charge in [-0.2, -0.15) is 0 Å². The topological polar surface area (TPSA) is 40.5 Å². The molecule has 0 radical (unpaired) electrons. The van der Waals surface area contributed by atoms with Gasteiger partial charge in [0.1, 0.15) is 0 Å². The van der Waals surface area contributed by atoms with E-state index in [0.29, 0.717) is 11.8 Å². The molecule has 19 heavy (non-hydrogen) atoms. The molecule has 2 fully saturated rings. The van der Waals surface area contributed by atoms with E-state index in [4.69, 9.17) is 0 Å². The summed E-state index contributed by atoms with van der Waals surface area (Å²) in [5.41, 5.74) is 1.35. The number of allylic oxidation sites excluding steroid dienone is 1. The van der Waals surface area contributed by atoms with Crippen LogP contribution in [0, 0.1) is 17.8 Å². The number of hydrogen-bond acceptors (Lipinski definition) is 2. The van der Waals surface area contributed by atoms with Gasteiger partial charge in [-0.3, -0.25) is 0 Å². The largest absolute Gasteiger partial charge is 0.393 e. The van der Waals surface area contributed by atoms with Gasteiger partial charge in [-0.05, 0) is 43.9 Å². The van der Waals surface area contributed by atoms with Gasteiger partial charge in [-0.25, -0.2) is 0 Å². The third-order valence-electron chi connectivity index (χ3n) is 4.82. The molecule has 5 atom stereocenters. The van der Waals surface area contributed by atoms with Gasteiger partial charge >= 0.3 is 0 Å². The quantitative estimate of drug-likeness (QED) is 0.721. The number of hydrogen-bond donors (Lipinski definition) is 2. The number of aliphatic hydroxyl groups excluding tert-OH is 2. The van der Waals surface area contributed by atoms with Crippen molar-refractivity contribution in [2.45, 2.75) is 64.1 Å². The highest BCUT2D eigenvalue weighted by atomic mass is 16.3. The normalized spacial score (nSPS) is 36.1. The predicted molar refractivity (Wildman–Crippen MR) is 78.8 cm³/mol. The Hall–Kier alpha value is -0.600. The highest BCUT2D eigenvalue weighted by Crippen LogP contribution is 2.49. The molecule has 0 aromatic rings. The summed E-state index contributed by atoms with van der Waals surface area (Å²) in [6.07, 6.45) is 10.8. The molecule has 2 rings (SSSR count). The van der Waals surface area contributed by atoms with E-state index in [1.165, 1.54) is 5.57 Å². The fourth-order valence-corrected chi connectivity index (χ4v) is 3.79. The molecule has 2 heteroatoms. The first-order chi connectivity index (χ1) is 9.11. The maximum Gasteiger partial charge on any atom is 0.0608 e. The first-order valence-corrected chi connectivity index (χ1v) is 7.81. The monoisotopic (exact) mass is 264 g/mol. The van der Waals surface area contributed by atoms with Crippen LogP contribution in [0.5, 0.6) is 0 Å². The summed E-state index contributed by atoms with van der Waals surface area (Å²) in [6.45, 7) is 6.24. The summed E-state index contributed by atoms with van der Waals surface area (Å²) in [7, 11) is 0. The van der Waals surface area contributed by atoms with Gasteiger partial charge in [0.25, 0.3) is 0 Å². The van der Waals surface area contributed by atoms with Gasteiger partial charge in [0, 0.05) is 5.92 Å². The van der Waals surface area contributed by atoms with E-state index in [0.717, 1.165) is 44.9 Å². The number of aliphatic hydroxyl groups is 2. The number of rotatable bonds is 6. The van der Waals surface area contributed by atoms with Crippen LogP contribution in [0.25, 0.3) is 0 Å². The Kier molecular flexibility index (Phi) is 5.23. The van der Waals surface area contributed by atoms with Crippen molar-refractivity contribution in [3.05, 3.63) is 24.3 Å². The van der Waals surface area contributed by atoms with E-state index in [9.17, 15) is 10.2 Å². The molecule has 2 N–H and O–H groups in total. The minimum absolute atomic E-state index is 0.188. The van der Waals surface area contributed by atoms with E-state index < -0.39 is 0 Å². The molecule has 0 unspecified atom stereocenters. The summed E-state index contributed by atoms with van der Waals surface area (Å²) in [5, 5.41) is 20.0. The Balaban J connectivity index is 1.82. The lowest BCUT2D eigenvalue weighted by atomic mass is 9.90. The molecule has 0 bridgehead atoms. The van der Waals surface area contributed by atoms with Crippen molar-refractivity contribution in [3.8, 4) is 0 Å². The van der Waals surface area contributed by atoms with Crippen molar-refractivity contribution in [1.29, 1.82) is 0 Å². The Morgan fingerprint density at radius 3 is 2.95 bits per heavy atom. The second-order valence-corrected chi connectivity index (χ2v) is 6.42. The Bertz CT molecular complexity index is 334. The van der Waals surface area contributed by atoms with Crippen molar-refractivity contribution in [3.63, 3.8) is 0 Å². The maximum atomic E-state index is 10.1. The predicted octanol–water partition coefficient (Wildman–Crippen LogP) is 3.45. The minimum atomic E-state index is -0.218. The van der Waals surface area contributed by atoms with Crippen molar-refractivity contribution in [2.75, 3.05) is 0 Å². The van der Waals surface area contributed by atoms with E-state index in [1.807, 2.05) is 0 Å². The van der Waals surface area contributed by atoms with Crippen LogP contribution >= 0.6 is 0 Å². The second-order valence-electron chi connectivity index (χ2n) is 6.42. The highest BCUT2D eigenvalue weighted by Gasteiger charge is 2.44. The summed E-state index contributed by atoms with van der Waals surface area (Å²) in [5.74, 6) is 1.51. The Morgan fingerprint density at radius 2 is 2.21 bits per heavy atom. The fourth-order valence-electron chi connectivity index (χ4n) is 3.79. The van der Waals surface area contributed by atoms with E-state index >= 15 is 0 Å². The molecule has 0 saturated heterocycles. The van der Waals surface area contributed by atoms with Crippen LogP contribution < -0.4 is 0 Å². The standard InChI is InChI=1S/C17H28O2/c1-3-4-6-14(18)7-5-8-15-16-10-12(2)9-13(16)11-17(15)19/h5,8,13-19H,2-4,6-7,9-11H2,1H3/t13-,14-,15+,16+,17+/m0/s1. The lowest BCUT2D eigenvalue weighted by Crippen LogP contribution is -2.16. The molecule has 0 heterocycles. The average molecular weight is 264 g/mol. The average Bonchev–Trinajstić information content (AvgIpc) is 2.84. The van der Waals surface area contributed by atoms with E-state index in [2.05, 4.69) is 25.7 Å². The van der Waals surface area contributed by atoms with Crippen molar-refractivity contribution >= 4 is 0 Å². The van der Waals surface area contributed by atoms with Gasteiger partial charge in [0.05, 0.1) is 12.2 Å². The fraction of sp³-hybridized carbons (Fsp3) is 0.765. The van der Waals surface area contributed by atoms with Gasteiger partial charge in [0.15, 0.2) is 0 Å². The maximum absolute atomic E-state index is 10.1. The third-order valence-corrected chi connectivity index (χ3v) is 4.82. The molecule has 0 aliphatic heterocycles. The van der Waals surface area contributed by atoms with Crippen molar-refractivity contribution in [2.24, 2.45) is 17.8 Å². The van der Waals surface area contributed by atoms with Gasteiger partial charge < -0.3 is 10.2 Å². The van der Waals surface area contributed by atoms with Crippen LogP contribution in [0.4, 0.5) is 0 Å². The SMILES string of the molecule is C=C1C[C@H]2C[C@@H](O)[C@H](C=CC[C@@H](O)CCCC)[C@@H]2C1. The Morgan fingerprint density at radius 1 is 1.42 bits per heavy atom. The van der Waals surface area contributed by atoms with Gasteiger partial charge in [-0.1, -0.05) is 44.1 Å². The van der Waals surface area contributed by atoms with Crippen LogP contribution in [-0.2, 0) is 0 Å². The zero-order chi connectivity index (χ0) is 13.8. The summed E-state index contributed by atoms with van der Waals surface area (Å²) >= 11 is 0. The molecule has 108 valence electrons. The lowest BCUT2D eigenvalue weighted by molar-refractivity contribution is 0.139. The molecule has 2 aliphatic carbocycles. The molecule has 2 aliphatic rings. The lowest BCUT2D eigenvalue weighted by Gasteiger charge is -2.17. The third kappa shape index (κ3) is 3.70. The van der Waals surface area contributed by atoms with Crippen LogP contribution in [0.3, 0.4) is 0 Å². The highest BCUT2D eigenvalue weighted by molar-refractivity contribution is 5.14. The summed E-state index contributed by atoms with van der Waals surface area (Å²) < 4.78 is 0. The molecule has 0 spiro atoms. The molecular weight excluding hydrogens is 236 g/mol. The van der Waals surface area contributed by atoms with Crippen LogP contribution in [0.15, 0.2) is 24.3 Å². The van der Waals surface area contributed by atoms with E-state index in [-0.39, 0.29) is 18.1 Å². The molecular formula is C17H28O2. The summed E-state index contributed by atoms with van der Waals surface area (Å²) in [6, 6.07) is 0. The van der Waals surface area contributed by atoms with Gasteiger partial charge in [0.2, 0.25) is 0 Å². The van der Waals surface area contributed by atoms with Crippen LogP contribution in [-0.4, -0.2) is 22.4 Å². The van der Waals surface area contributed by atoms with Gasteiger partial charge in [-0.15, -0.1) is 0 Å². The molecule has 0 aromatic carbocycles. The van der Waals surface area contributed by atoms with Crippen LogP contribution in [0.1, 0.15) is 51.9 Å². The molecule has 0 amide bonds. The molecule has 2 nitrogen and oxygen atoms in total. The first kappa shape index (κ1) is 14.8. The van der Waals surface area contributed by atoms with Crippen molar-refractivity contribution < 1.29 is 10.2 Å². The van der Waals surface area contributed by atoms with Crippen molar-refractivity contribution in [1.82, 2.24) is 0 Å². The smallest absolute Gasteiger partial charge is 0.0608 e. The molecule has 2 saturated carbocycles.